The summed E-state index contributed by atoms with van der Waals surface area (Å²) in [5.74, 6) is 0.879. The van der Waals surface area contributed by atoms with Crippen LogP contribution < -0.4 is 5.32 Å². The number of rotatable bonds is 9. The second kappa shape index (κ2) is 10.3. The lowest BCUT2D eigenvalue weighted by Crippen LogP contribution is -2.37. The highest BCUT2D eigenvalue weighted by atomic mass is 19.1. The van der Waals surface area contributed by atoms with Gasteiger partial charge in [0.05, 0.1) is 6.61 Å². The zero-order chi connectivity index (χ0) is 19.8. The number of aromatic nitrogens is 1. The van der Waals surface area contributed by atoms with Crippen molar-refractivity contribution in [3.63, 3.8) is 0 Å². The number of hydrogen-bond donors (Lipinski definition) is 1. The Kier molecular flexibility index (Phi) is 7.56. The van der Waals surface area contributed by atoms with E-state index in [1.54, 1.807) is 18.2 Å². The number of ether oxygens (including phenoxy) is 1. The van der Waals surface area contributed by atoms with Gasteiger partial charge in [-0.3, -0.25) is 4.79 Å². The van der Waals surface area contributed by atoms with E-state index < -0.39 is 0 Å². The third-order valence-corrected chi connectivity index (χ3v) is 4.89. The monoisotopic (exact) mass is 389 g/mol. The maximum atomic E-state index is 13.0. The van der Waals surface area contributed by atoms with Crippen LogP contribution in [-0.2, 0) is 16.1 Å². The number of amides is 1. The van der Waals surface area contributed by atoms with Crippen LogP contribution in [0.1, 0.15) is 31.9 Å². The van der Waals surface area contributed by atoms with Gasteiger partial charge in [-0.1, -0.05) is 12.1 Å². The molecular formula is C21H28FN3O3. The van der Waals surface area contributed by atoms with Crippen LogP contribution in [0, 0.1) is 11.7 Å². The van der Waals surface area contributed by atoms with Crippen molar-refractivity contribution < 1.29 is 18.4 Å². The number of hydrogen-bond acceptors (Lipinski definition) is 5. The van der Waals surface area contributed by atoms with E-state index in [0.29, 0.717) is 18.0 Å². The highest BCUT2D eigenvalue weighted by molar-refractivity contribution is 5.77. The van der Waals surface area contributed by atoms with E-state index in [1.807, 2.05) is 0 Å². The number of nitrogens with zero attached hydrogens (tertiary/aromatic N) is 2. The van der Waals surface area contributed by atoms with Crippen molar-refractivity contribution in [2.75, 3.05) is 32.8 Å². The Morgan fingerprint density at radius 2 is 2.21 bits per heavy atom. The second-order valence-corrected chi connectivity index (χ2v) is 7.43. The minimum Gasteiger partial charge on any atom is -0.365 e. The topological polar surface area (TPSA) is 67.6 Å². The molecule has 2 aromatic rings. The smallest absolute Gasteiger partial charge is 0.246 e. The van der Waals surface area contributed by atoms with Gasteiger partial charge in [0.15, 0.2) is 5.76 Å². The van der Waals surface area contributed by atoms with Gasteiger partial charge < -0.3 is 19.5 Å². The van der Waals surface area contributed by atoms with E-state index >= 15 is 0 Å². The average molecular weight is 389 g/mol. The molecule has 152 valence electrons. The molecule has 0 bridgehead atoms. The summed E-state index contributed by atoms with van der Waals surface area (Å²) in [6, 6.07) is 7.70. The summed E-state index contributed by atoms with van der Waals surface area (Å²) < 4.78 is 23.6. The maximum Gasteiger partial charge on any atom is 0.246 e. The zero-order valence-electron chi connectivity index (χ0n) is 16.3. The number of piperidine rings is 1. The van der Waals surface area contributed by atoms with Crippen LogP contribution in [0.4, 0.5) is 4.39 Å². The van der Waals surface area contributed by atoms with Crippen molar-refractivity contribution in [1.29, 1.82) is 0 Å². The van der Waals surface area contributed by atoms with E-state index in [4.69, 9.17) is 9.26 Å². The van der Waals surface area contributed by atoms with Crippen LogP contribution in [0.2, 0.25) is 0 Å². The van der Waals surface area contributed by atoms with Crippen LogP contribution in [-0.4, -0.2) is 48.7 Å². The summed E-state index contributed by atoms with van der Waals surface area (Å²) in [5.41, 5.74) is 1.33. The highest BCUT2D eigenvalue weighted by Gasteiger charge is 2.15. The van der Waals surface area contributed by atoms with Crippen molar-refractivity contribution in [3.8, 4) is 11.3 Å². The summed E-state index contributed by atoms with van der Waals surface area (Å²) in [6.45, 7) is 6.47. The SMILES string of the molecule is C[C@H]1CCCN(CCCNC(=O)COCc2cc(-c3ccc(F)cc3)on2)C1. The van der Waals surface area contributed by atoms with Gasteiger partial charge in [-0.25, -0.2) is 4.39 Å². The lowest BCUT2D eigenvalue weighted by Gasteiger charge is -2.30. The highest BCUT2D eigenvalue weighted by Crippen LogP contribution is 2.20. The van der Waals surface area contributed by atoms with Gasteiger partial charge >= 0.3 is 0 Å². The molecule has 0 spiro atoms. The fourth-order valence-electron chi connectivity index (χ4n) is 3.45. The molecule has 1 N–H and O–H groups in total. The van der Waals surface area contributed by atoms with E-state index in [2.05, 4.69) is 22.3 Å². The lowest BCUT2D eigenvalue weighted by atomic mass is 10.0. The van der Waals surface area contributed by atoms with Crippen molar-refractivity contribution in [2.24, 2.45) is 5.92 Å². The van der Waals surface area contributed by atoms with E-state index in [0.717, 1.165) is 31.0 Å². The van der Waals surface area contributed by atoms with E-state index in [-0.39, 0.29) is 24.9 Å². The maximum absolute atomic E-state index is 13.0. The second-order valence-electron chi connectivity index (χ2n) is 7.43. The average Bonchev–Trinajstić information content (AvgIpc) is 3.15. The number of carbonyl (C=O) groups excluding carboxylic acids is 1. The zero-order valence-corrected chi connectivity index (χ0v) is 16.3. The molecule has 28 heavy (non-hydrogen) atoms. The lowest BCUT2D eigenvalue weighted by molar-refractivity contribution is -0.126. The van der Waals surface area contributed by atoms with Crippen LogP contribution >= 0.6 is 0 Å². The molecule has 1 saturated heterocycles. The molecule has 0 saturated carbocycles. The van der Waals surface area contributed by atoms with Crippen LogP contribution in [0.25, 0.3) is 11.3 Å². The summed E-state index contributed by atoms with van der Waals surface area (Å²) >= 11 is 0. The third-order valence-electron chi connectivity index (χ3n) is 4.89. The predicted molar refractivity (Wildman–Crippen MR) is 104 cm³/mol. The van der Waals surface area contributed by atoms with Gasteiger partial charge in [-0.15, -0.1) is 0 Å². The number of benzene rings is 1. The molecule has 0 unspecified atom stereocenters. The quantitative estimate of drug-likeness (QED) is 0.667. The molecule has 0 aliphatic carbocycles. The number of halogens is 1. The first-order chi connectivity index (χ1) is 13.6. The minimum atomic E-state index is -0.302. The minimum absolute atomic E-state index is 0.0144. The van der Waals surface area contributed by atoms with Gasteiger partial charge in [0.25, 0.3) is 0 Å². The molecular weight excluding hydrogens is 361 g/mol. The van der Waals surface area contributed by atoms with Crippen molar-refractivity contribution in [1.82, 2.24) is 15.4 Å². The molecule has 6 nitrogen and oxygen atoms in total. The van der Waals surface area contributed by atoms with Crippen molar-refractivity contribution in [3.05, 3.63) is 41.8 Å². The Morgan fingerprint density at radius 3 is 3.00 bits per heavy atom. The number of carbonyl (C=O) groups is 1. The van der Waals surface area contributed by atoms with Crippen LogP contribution in [0.3, 0.4) is 0 Å². The molecule has 3 rings (SSSR count). The molecule has 1 aromatic heterocycles. The Balaban J connectivity index is 1.29. The van der Waals surface area contributed by atoms with Gasteiger partial charge in [-0.05, 0) is 62.5 Å². The molecule has 1 atom stereocenters. The van der Waals surface area contributed by atoms with Gasteiger partial charge in [0, 0.05) is 24.7 Å². The van der Waals surface area contributed by atoms with Gasteiger partial charge in [0.2, 0.25) is 5.91 Å². The summed E-state index contributed by atoms with van der Waals surface area (Å²) in [5, 5.41) is 6.80. The predicted octanol–water partition coefficient (Wildman–Crippen LogP) is 3.24. The fraction of sp³-hybridized carbons (Fsp3) is 0.524. The Bertz CT molecular complexity index is 748. The summed E-state index contributed by atoms with van der Waals surface area (Å²) in [6.07, 6.45) is 3.54. The molecule has 2 heterocycles. The van der Waals surface area contributed by atoms with Crippen molar-refractivity contribution >= 4 is 5.91 Å². The molecule has 1 fully saturated rings. The third kappa shape index (κ3) is 6.42. The molecule has 1 amide bonds. The van der Waals surface area contributed by atoms with E-state index in [1.165, 1.54) is 31.5 Å². The standard InChI is InChI=1S/C21H28FN3O3/c1-16-4-2-10-25(13-16)11-3-9-23-21(26)15-27-14-19-12-20(28-24-19)17-5-7-18(22)8-6-17/h5-8,12,16H,2-4,9-11,13-15H2,1H3,(H,23,26)/t16-/m0/s1. The largest absolute Gasteiger partial charge is 0.365 e. The Hall–Kier alpha value is -2.25. The van der Waals surface area contributed by atoms with Gasteiger partial charge in [-0.2, -0.15) is 0 Å². The molecule has 0 radical (unpaired) electrons. The van der Waals surface area contributed by atoms with Crippen molar-refractivity contribution in [2.45, 2.75) is 32.8 Å². The number of likely N-dealkylation sites (tertiary alicyclic amines) is 1. The fourth-order valence-corrected chi connectivity index (χ4v) is 3.45. The Morgan fingerprint density at radius 1 is 1.39 bits per heavy atom. The van der Waals surface area contributed by atoms with Gasteiger partial charge in [0.1, 0.15) is 18.1 Å². The first kappa shape index (κ1) is 20.5. The summed E-state index contributed by atoms with van der Waals surface area (Å²) in [4.78, 5) is 14.3. The molecule has 7 heteroatoms. The number of nitrogens with one attached hydrogen (secondary N) is 1. The first-order valence-electron chi connectivity index (χ1n) is 9.88. The summed E-state index contributed by atoms with van der Waals surface area (Å²) in [7, 11) is 0. The molecule has 1 aromatic carbocycles. The van der Waals surface area contributed by atoms with E-state index in [9.17, 15) is 9.18 Å². The van der Waals surface area contributed by atoms with Crippen LogP contribution in [0.15, 0.2) is 34.9 Å². The van der Waals surface area contributed by atoms with Crippen LogP contribution in [0.5, 0.6) is 0 Å². The Labute approximate surface area is 165 Å². The normalized spacial score (nSPS) is 17.6. The molecule has 1 aliphatic heterocycles. The first-order valence-corrected chi connectivity index (χ1v) is 9.88. The molecule has 1 aliphatic rings.